The maximum absolute atomic E-state index is 14.5. The highest BCUT2D eigenvalue weighted by molar-refractivity contribution is 6.50. The zero-order valence-corrected chi connectivity index (χ0v) is 30.0. The Kier molecular flexibility index (Phi) is 7.97. The van der Waals surface area contributed by atoms with Crippen LogP contribution in [0.4, 0.5) is 0 Å². The van der Waals surface area contributed by atoms with Crippen LogP contribution in [0, 0.1) is 0 Å². The molecule has 0 saturated heterocycles. The number of β-amino-alcohol motifs (C(OH)–C–C–N with tert-alkyl or cyclic N) is 1. The molecule has 10 rings (SSSR count). The van der Waals surface area contributed by atoms with Crippen LogP contribution in [-0.4, -0.2) is 54.9 Å². The van der Waals surface area contributed by atoms with Crippen molar-refractivity contribution in [1.29, 1.82) is 0 Å². The molecule has 3 aliphatic heterocycles. The first-order valence-electron chi connectivity index (χ1n) is 18.5. The second kappa shape index (κ2) is 13.5. The first-order chi connectivity index (χ1) is 27.6. The number of nitrogens with zero attached hydrogens (tertiary/aromatic N) is 3. The Morgan fingerprint density at radius 2 is 0.786 bits per heavy atom. The van der Waals surface area contributed by atoms with Crippen molar-refractivity contribution in [3.63, 3.8) is 0 Å². The molecule has 0 aliphatic carbocycles. The summed E-state index contributed by atoms with van der Waals surface area (Å²) in [6, 6.07) is 48.0. The van der Waals surface area contributed by atoms with Gasteiger partial charge in [-0.25, -0.2) is 9.97 Å². The second-order valence-electron chi connectivity index (χ2n) is 13.8. The molecule has 3 aliphatic rings. The third kappa shape index (κ3) is 5.34. The van der Waals surface area contributed by atoms with Gasteiger partial charge in [0.05, 0.1) is 47.1 Å². The molecule has 7 aromatic rings. The van der Waals surface area contributed by atoms with Gasteiger partial charge in [0.1, 0.15) is 0 Å². The molecule has 0 atom stereocenters. The van der Waals surface area contributed by atoms with Gasteiger partial charge in [0, 0.05) is 44.3 Å². The number of H-pyrrole nitrogens is 2. The van der Waals surface area contributed by atoms with E-state index < -0.39 is 11.8 Å². The summed E-state index contributed by atoms with van der Waals surface area (Å²) in [5, 5.41) is 10.0. The van der Waals surface area contributed by atoms with Crippen LogP contribution < -0.4 is 0 Å². The number of aromatic nitrogens is 4. The monoisotopic (exact) mass is 727 g/mol. The van der Waals surface area contributed by atoms with E-state index in [1.807, 2.05) is 121 Å². The highest BCUT2D eigenvalue weighted by Crippen LogP contribution is 2.46. The van der Waals surface area contributed by atoms with Crippen LogP contribution >= 0.6 is 0 Å². The van der Waals surface area contributed by atoms with Crippen LogP contribution in [-0.2, 0) is 9.59 Å². The zero-order valence-electron chi connectivity index (χ0n) is 30.0. The lowest BCUT2D eigenvalue weighted by atomic mass is 9.96. The quantitative estimate of drug-likeness (QED) is 0.148. The number of aliphatic hydroxyl groups is 1. The second-order valence-corrected chi connectivity index (χ2v) is 13.8. The molecule has 0 saturated carbocycles. The first kappa shape index (κ1) is 33.2. The molecule has 4 aromatic carbocycles. The van der Waals surface area contributed by atoms with Gasteiger partial charge in [-0.05, 0) is 58.7 Å². The molecule has 3 N–H and O–H groups in total. The molecule has 268 valence electrons. The molecule has 8 heteroatoms. The molecule has 8 nitrogen and oxygen atoms in total. The molecule has 3 aromatic heterocycles. The summed E-state index contributed by atoms with van der Waals surface area (Å²) >= 11 is 0. The fourth-order valence-corrected chi connectivity index (χ4v) is 8.06. The van der Waals surface area contributed by atoms with Crippen molar-refractivity contribution >= 4 is 57.2 Å². The Hall–Kier alpha value is -7.42. The van der Waals surface area contributed by atoms with Crippen LogP contribution in [0.1, 0.15) is 22.8 Å². The van der Waals surface area contributed by atoms with Crippen LogP contribution in [0.5, 0.6) is 0 Å². The molecular weight excluding hydrogens is 695 g/mol. The normalized spacial score (nSPS) is 13.5. The van der Waals surface area contributed by atoms with Crippen molar-refractivity contribution in [2.75, 3.05) is 13.2 Å². The topological polar surface area (TPSA) is 115 Å². The minimum absolute atomic E-state index is 0.135. The van der Waals surface area contributed by atoms with Gasteiger partial charge in [-0.2, -0.15) is 0 Å². The molecule has 0 fully saturated rings. The molecule has 0 radical (unpaired) electrons. The number of rotatable bonds is 6. The summed E-state index contributed by atoms with van der Waals surface area (Å²) in [4.78, 5) is 48.1. The smallest absolute Gasteiger partial charge is 0.263 e. The minimum atomic E-state index is -0.491. The van der Waals surface area contributed by atoms with Crippen LogP contribution in [0.15, 0.2) is 146 Å². The number of hydrogen-bond acceptors (Lipinski definition) is 5. The fourth-order valence-electron chi connectivity index (χ4n) is 8.06. The summed E-state index contributed by atoms with van der Waals surface area (Å²) in [6.45, 7) is -0.498. The lowest BCUT2D eigenvalue weighted by Crippen LogP contribution is -2.34. The number of aliphatic hydroxyl groups excluding tert-OH is 1. The Balaban J connectivity index is 1.45. The van der Waals surface area contributed by atoms with Crippen molar-refractivity contribution in [3.05, 3.63) is 168 Å². The van der Waals surface area contributed by atoms with Gasteiger partial charge in [-0.15, -0.1) is 0 Å². The van der Waals surface area contributed by atoms with Gasteiger partial charge in [0.15, 0.2) is 0 Å². The molecule has 6 heterocycles. The van der Waals surface area contributed by atoms with E-state index in [9.17, 15) is 14.7 Å². The predicted octanol–water partition coefficient (Wildman–Crippen LogP) is 9.43. The van der Waals surface area contributed by atoms with Gasteiger partial charge in [-0.3, -0.25) is 14.5 Å². The largest absolute Gasteiger partial charge is 0.395 e. The number of nitrogens with one attached hydrogen (secondary N) is 2. The number of carbonyl (C=O) groups excluding carboxylic acids is 2. The maximum Gasteiger partial charge on any atom is 0.263 e. The van der Waals surface area contributed by atoms with Gasteiger partial charge < -0.3 is 15.1 Å². The van der Waals surface area contributed by atoms with E-state index in [0.717, 1.165) is 60.7 Å². The molecular formula is C48H33N5O3. The standard InChI is InChI=1S/C48H33N5O3/c54-28-27-53-47(55)43-44(48(53)56)46-42(32-19-11-4-12-20-32)38-26-24-36(51-38)40(30-15-7-2-8-16-30)34-22-21-33(49-34)39(29-13-5-1-6-14-29)35-23-25-37(50-35)41(45(43)52-46)31-17-9-3-10-18-31/h1-26,50-51,54H,27-28H2. The zero-order chi connectivity index (χ0) is 37.8. The predicted molar refractivity (Wildman–Crippen MR) is 222 cm³/mol. The highest BCUT2D eigenvalue weighted by Gasteiger charge is 2.45. The first-order valence-corrected chi connectivity index (χ1v) is 18.5. The third-order valence-electron chi connectivity index (χ3n) is 10.5. The van der Waals surface area contributed by atoms with E-state index in [0.29, 0.717) is 33.5 Å². The Bertz CT molecular complexity index is 2750. The number of hydrogen-bond donors (Lipinski definition) is 3. The van der Waals surface area contributed by atoms with Crippen LogP contribution in [0.3, 0.4) is 0 Å². The maximum atomic E-state index is 14.5. The van der Waals surface area contributed by atoms with Crippen molar-refractivity contribution in [2.45, 2.75) is 0 Å². The van der Waals surface area contributed by atoms with Crippen molar-refractivity contribution in [2.24, 2.45) is 0 Å². The summed E-state index contributed by atoms with van der Waals surface area (Å²) in [7, 11) is 0. The summed E-state index contributed by atoms with van der Waals surface area (Å²) in [5.74, 6) is -0.982. The molecule has 56 heavy (non-hydrogen) atoms. The van der Waals surface area contributed by atoms with E-state index in [1.165, 1.54) is 0 Å². The molecule has 0 spiro atoms. The summed E-state index contributed by atoms with van der Waals surface area (Å²) in [5.41, 5.74) is 12.6. The van der Waals surface area contributed by atoms with Crippen molar-refractivity contribution in [3.8, 4) is 44.5 Å². The van der Waals surface area contributed by atoms with Gasteiger partial charge in [0.2, 0.25) is 0 Å². The lowest BCUT2D eigenvalue weighted by Gasteiger charge is -2.15. The average molecular weight is 728 g/mol. The SMILES string of the molecule is O=C1C2=C(C(=O)N1CCO)c1nc2c(-c2ccccc2)c2ccc([nH]2)c(-c2ccccc2)c2nc(c(-c3ccccc3)c3ccc([nH]3)c1-c1ccccc1)C=C2. The number of aromatic amines is 2. The molecule has 8 bridgehead atoms. The van der Waals surface area contributed by atoms with Gasteiger partial charge >= 0.3 is 0 Å². The van der Waals surface area contributed by atoms with E-state index in [1.54, 1.807) is 0 Å². The number of fused-ring (bicyclic) bond motifs is 10. The summed E-state index contributed by atoms with van der Waals surface area (Å²) < 4.78 is 0. The van der Waals surface area contributed by atoms with E-state index in [-0.39, 0.29) is 24.3 Å². The molecule has 0 unspecified atom stereocenters. The average Bonchev–Trinajstić information content (AvgIpc) is 4.09. The van der Waals surface area contributed by atoms with Crippen LogP contribution in [0.2, 0.25) is 0 Å². The Labute approximate surface area is 321 Å². The third-order valence-corrected chi connectivity index (χ3v) is 10.5. The number of amides is 2. The van der Waals surface area contributed by atoms with Gasteiger partial charge in [0.25, 0.3) is 11.8 Å². The minimum Gasteiger partial charge on any atom is -0.395 e. The van der Waals surface area contributed by atoms with Crippen LogP contribution in [0.25, 0.3) is 89.9 Å². The Morgan fingerprint density at radius 1 is 0.446 bits per heavy atom. The van der Waals surface area contributed by atoms with E-state index in [4.69, 9.17) is 9.97 Å². The highest BCUT2D eigenvalue weighted by atomic mass is 16.3. The molecule has 2 amide bonds. The number of carbonyl (C=O) groups is 2. The Morgan fingerprint density at radius 3 is 1.14 bits per heavy atom. The van der Waals surface area contributed by atoms with E-state index >= 15 is 0 Å². The van der Waals surface area contributed by atoms with Crippen molar-refractivity contribution in [1.82, 2.24) is 24.8 Å². The van der Waals surface area contributed by atoms with Crippen molar-refractivity contribution < 1.29 is 14.7 Å². The summed E-state index contributed by atoms with van der Waals surface area (Å²) in [6.07, 6.45) is 4.12. The lowest BCUT2D eigenvalue weighted by molar-refractivity contribution is -0.136. The van der Waals surface area contributed by atoms with Gasteiger partial charge in [-0.1, -0.05) is 121 Å². The number of imide groups is 1. The number of benzene rings is 4. The fraction of sp³-hybridized carbons (Fsp3) is 0.0417. The van der Waals surface area contributed by atoms with E-state index in [2.05, 4.69) is 46.4 Å².